The molecule has 2 nitrogen and oxygen atoms in total. The summed E-state index contributed by atoms with van der Waals surface area (Å²) >= 11 is 0. The van der Waals surface area contributed by atoms with Crippen LogP contribution < -0.4 is 0 Å². The van der Waals surface area contributed by atoms with Crippen molar-refractivity contribution < 1.29 is 66.4 Å². The summed E-state index contributed by atoms with van der Waals surface area (Å²) in [4.78, 5) is 0. The number of hydrogen-bond donors (Lipinski definition) is 0. The second-order valence-corrected chi connectivity index (χ2v) is 7.72. The van der Waals surface area contributed by atoms with Crippen LogP contribution in [0.25, 0.3) is 0 Å². The summed E-state index contributed by atoms with van der Waals surface area (Å²) in [5, 5.41) is 0. The van der Waals surface area contributed by atoms with E-state index in [9.17, 15) is 57.1 Å². The average Bonchev–Trinajstić information content (AvgIpc) is 2.71. The fourth-order valence-electron chi connectivity index (χ4n) is 2.34. The smallest absolute Gasteiger partial charge is 0.403 e. The zero-order chi connectivity index (χ0) is 24.4. The van der Waals surface area contributed by atoms with Crippen LogP contribution in [-0.4, -0.2) is 54.1 Å². The van der Waals surface area contributed by atoms with Crippen LogP contribution in [0.5, 0.6) is 0 Å². The van der Waals surface area contributed by atoms with Crippen LogP contribution in [0.3, 0.4) is 0 Å². The molecular weight excluding hydrogens is 458 g/mol. The van der Waals surface area contributed by atoms with E-state index in [-0.39, 0.29) is 0 Å². The third-order valence-corrected chi connectivity index (χ3v) is 4.99. The van der Waals surface area contributed by atoms with E-state index < -0.39 is 66.9 Å². The number of alkyl halides is 13. The molecule has 0 aromatic carbocycles. The van der Waals surface area contributed by atoms with Gasteiger partial charge in [-0.15, -0.1) is 0 Å². The van der Waals surface area contributed by atoms with Gasteiger partial charge in [0.15, 0.2) is 0 Å². The molecule has 1 rings (SSSR count). The maximum absolute atomic E-state index is 13.8. The van der Waals surface area contributed by atoms with Crippen molar-refractivity contribution >= 4 is 7.12 Å². The van der Waals surface area contributed by atoms with E-state index in [1.54, 1.807) is 0 Å². The van der Waals surface area contributed by atoms with E-state index in [0.717, 1.165) is 0 Å². The Morgan fingerprint density at radius 3 is 1.23 bits per heavy atom. The lowest BCUT2D eigenvalue weighted by molar-refractivity contribution is -0.439. The first kappa shape index (κ1) is 27.1. The van der Waals surface area contributed by atoms with Gasteiger partial charge in [0, 0.05) is 6.42 Å². The summed E-state index contributed by atoms with van der Waals surface area (Å²) in [7, 11) is -1.69. The molecule has 0 amide bonds. The summed E-state index contributed by atoms with van der Waals surface area (Å²) in [5.74, 6) is -36.8. The molecule has 0 saturated carbocycles. The molecule has 1 saturated heterocycles. The van der Waals surface area contributed by atoms with Gasteiger partial charge in [-0.05, 0) is 34.0 Å². The minimum Gasteiger partial charge on any atom is -0.403 e. The van der Waals surface area contributed by atoms with Crippen LogP contribution >= 0.6 is 0 Å². The van der Waals surface area contributed by atoms with Gasteiger partial charge in [0.05, 0.1) is 11.2 Å². The molecule has 0 atom stereocenters. The van der Waals surface area contributed by atoms with Crippen molar-refractivity contribution in [2.75, 3.05) is 0 Å². The first-order valence-electron chi connectivity index (χ1n) is 8.10. The van der Waals surface area contributed by atoms with Crippen LogP contribution in [-0.2, 0) is 9.31 Å². The van der Waals surface area contributed by atoms with Crippen molar-refractivity contribution in [3.63, 3.8) is 0 Å². The summed E-state index contributed by atoms with van der Waals surface area (Å²) in [6.07, 6.45) is -11.1. The van der Waals surface area contributed by atoms with Crippen LogP contribution in [0.1, 0.15) is 34.1 Å². The molecule has 0 unspecified atom stereocenters. The molecule has 178 valence electrons. The van der Waals surface area contributed by atoms with Crippen LogP contribution in [0, 0.1) is 0 Å². The number of halogens is 13. The van der Waals surface area contributed by atoms with Crippen molar-refractivity contribution in [3.05, 3.63) is 0 Å². The zero-order valence-electron chi connectivity index (χ0n) is 15.7. The van der Waals surface area contributed by atoms with Crippen LogP contribution in [0.2, 0.25) is 6.32 Å². The normalized spacial score (nSPS) is 21.3. The third-order valence-electron chi connectivity index (χ3n) is 4.99. The average molecular weight is 474 g/mol. The molecule has 1 aliphatic heterocycles. The molecule has 30 heavy (non-hydrogen) atoms. The van der Waals surface area contributed by atoms with Gasteiger partial charge in [0.2, 0.25) is 0 Å². The van der Waals surface area contributed by atoms with Crippen molar-refractivity contribution in [2.45, 2.75) is 87.4 Å². The molecule has 0 aliphatic carbocycles. The van der Waals surface area contributed by atoms with Crippen molar-refractivity contribution in [2.24, 2.45) is 0 Å². The van der Waals surface area contributed by atoms with Crippen molar-refractivity contribution in [3.8, 4) is 0 Å². The Kier molecular flexibility index (Phi) is 6.36. The lowest BCUT2D eigenvalue weighted by atomic mass is 9.79. The van der Waals surface area contributed by atoms with E-state index in [4.69, 9.17) is 9.31 Å². The van der Waals surface area contributed by atoms with Crippen LogP contribution in [0.15, 0.2) is 0 Å². The summed E-state index contributed by atoms with van der Waals surface area (Å²) < 4.78 is 180. The first-order chi connectivity index (χ1) is 12.8. The second kappa shape index (κ2) is 7.04. The molecule has 0 radical (unpaired) electrons. The SMILES string of the molecule is CC1(C)OB(CCC(F)(F)C(F)(F)C(F)(F)C(F)(F)C(F)(F)C(F)(F)F)OC1(C)C. The molecule has 1 aliphatic rings. The minimum absolute atomic E-state index is 1.18. The first-order valence-corrected chi connectivity index (χ1v) is 8.10. The molecule has 1 fully saturated rings. The second-order valence-electron chi connectivity index (χ2n) is 7.72. The van der Waals surface area contributed by atoms with Gasteiger partial charge < -0.3 is 9.31 Å². The summed E-state index contributed by atoms with van der Waals surface area (Å²) in [5.41, 5.74) is -2.36. The molecule has 16 heteroatoms. The Hall–Kier alpha value is -0.925. The standard InChI is InChI=1S/C14H16BF13O2/c1-7(2)8(3,4)30-15(29-7)6-5-9(16,17)10(18,19)11(20,21)12(22,23)13(24,25)14(26,27)28/h5-6H2,1-4H3. The van der Waals surface area contributed by atoms with Gasteiger partial charge in [-0.25, -0.2) is 0 Å². The van der Waals surface area contributed by atoms with E-state index >= 15 is 0 Å². The predicted octanol–water partition coefficient (Wildman–Crippen LogP) is 6.21. The van der Waals surface area contributed by atoms with Gasteiger partial charge in [-0.3, -0.25) is 0 Å². The molecule has 0 spiro atoms. The quantitative estimate of drug-likeness (QED) is 0.323. The largest absolute Gasteiger partial charge is 0.460 e. The van der Waals surface area contributed by atoms with Gasteiger partial charge in [-0.2, -0.15) is 57.1 Å². The Morgan fingerprint density at radius 1 is 0.567 bits per heavy atom. The maximum Gasteiger partial charge on any atom is 0.460 e. The lowest BCUT2D eigenvalue weighted by Crippen LogP contribution is -2.70. The number of rotatable bonds is 7. The fourth-order valence-corrected chi connectivity index (χ4v) is 2.34. The van der Waals surface area contributed by atoms with E-state index in [1.165, 1.54) is 27.7 Å². The third kappa shape index (κ3) is 3.86. The highest BCUT2D eigenvalue weighted by molar-refractivity contribution is 6.45. The van der Waals surface area contributed by atoms with E-state index in [1.807, 2.05) is 0 Å². The van der Waals surface area contributed by atoms with Crippen molar-refractivity contribution in [1.29, 1.82) is 0 Å². The zero-order valence-corrected chi connectivity index (χ0v) is 15.7. The van der Waals surface area contributed by atoms with Gasteiger partial charge in [-0.1, -0.05) is 0 Å². The topological polar surface area (TPSA) is 18.5 Å². The minimum atomic E-state index is -7.89. The van der Waals surface area contributed by atoms with E-state index in [2.05, 4.69) is 0 Å². The maximum atomic E-state index is 13.8. The summed E-state index contributed by atoms with van der Waals surface area (Å²) in [6, 6.07) is 0. The summed E-state index contributed by atoms with van der Waals surface area (Å²) in [6.45, 7) is 5.59. The highest BCUT2D eigenvalue weighted by Gasteiger charge is 2.90. The Morgan fingerprint density at radius 2 is 0.900 bits per heavy atom. The molecular formula is C14H16BF13O2. The predicted molar refractivity (Wildman–Crippen MR) is 76.3 cm³/mol. The highest BCUT2D eigenvalue weighted by atomic mass is 19.4. The van der Waals surface area contributed by atoms with E-state index in [0.29, 0.717) is 0 Å². The monoisotopic (exact) mass is 474 g/mol. The molecule has 0 N–H and O–H groups in total. The Labute approximate surface area is 162 Å². The number of hydrogen-bond acceptors (Lipinski definition) is 2. The molecule has 0 aromatic heterocycles. The lowest BCUT2D eigenvalue weighted by Gasteiger charge is -2.39. The molecule has 0 bridgehead atoms. The van der Waals surface area contributed by atoms with Gasteiger partial charge in [0.1, 0.15) is 0 Å². The Bertz CT molecular complexity index is 626. The van der Waals surface area contributed by atoms with Crippen LogP contribution in [0.4, 0.5) is 57.1 Å². The fraction of sp³-hybridized carbons (Fsp3) is 1.00. The molecule has 1 heterocycles. The highest BCUT2D eigenvalue weighted by Crippen LogP contribution is 2.61. The Balaban J connectivity index is 3.15. The van der Waals surface area contributed by atoms with Gasteiger partial charge >= 0.3 is 42.9 Å². The molecule has 0 aromatic rings. The van der Waals surface area contributed by atoms with Gasteiger partial charge in [0.25, 0.3) is 0 Å². The van der Waals surface area contributed by atoms with Crippen molar-refractivity contribution in [1.82, 2.24) is 0 Å².